The topological polar surface area (TPSA) is 26.3 Å². The summed E-state index contributed by atoms with van der Waals surface area (Å²) in [5.41, 5.74) is 0.108. The molecule has 2 aromatic rings. The highest BCUT2D eigenvalue weighted by Crippen LogP contribution is 2.19. The van der Waals surface area contributed by atoms with Crippen LogP contribution in [-0.4, -0.2) is 12.4 Å². The van der Waals surface area contributed by atoms with Gasteiger partial charge < -0.3 is 4.74 Å². The number of halogens is 3. The maximum absolute atomic E-state index is 13.2. The highest BCUT2D eigenvalue weighted by molar-refractivity contribution is 5.97. The fourth-order valence-electron chi connectivity index (χ4n) is 1.48. The molecule has 0 aromatic heterocycles. The van der Waals surface area contributed by atoms with Gasteiger partial charge >= 0.3 is 0 Å². The minimum absolute atomic E-state index is 0.108. The molecular weight excluding hydrogens is 257 g/mol. The molecule has 0 heterocycles. The lowest BCUT2D eigenvalue weighted by Gasteiger charge is -2.06. The quantitative estimate of drug-likeness (QED) is 0.793. The normalized spacial score (nSPS) is 10.3. The summed E-state index contributed by atoms with van der Waals surface area (Å²) in [5.74, 6) is -3.65. The first-order chi connectivity index (χ1) is 9.08. The van der Waals surface area contributed by atoms with E-state index in [1.165, 1.54) is 30.3 Å². The molecule has 0 saturated carbocycles. The van der Waals surface area contributed by atoms with Crippen molar-refractivity contribution in [1.82, 2.24) is 0 Å². The largest absolute Gasteiger partial charge is 0.482 e. The Morgan fingerprint density at radius 2 is 1.79 bits per heavy atom. The molecule has 0 aliphatic carbocycles. The summed E-state index contributed by atoms with van der Waals surface area (Å²) in [6.45, 7) is -0.496. The molecule has 0 saturated heterocycles. The monoisotopic (exact) mass is 266 g/mol. The first-order valence-electron chi connectivity index (χ1n) is 5.43. The van der Waals surface area contributed by atoms with E-state index >= 15 is 0 Å². The van der Waals surface area contributed by atoms with Crippen LogP contribution in [0.5, 0.6) is 5.75 Å². The van der Waals surface area contributed by atoms with Crippen molar-refractivity contribution in [2.75, 3.05) is 6.61 Å². The lowest BCUT2D eigenvalue weighted by molar-refractivity contribution is 0.0917. The van der Waals surface area contributed by atoms with Crippen LogP contribution in [0.2, 0.25) is 0 Å². The summed E-state index contributed by atoms with van der Waals surface area (Å²) < 4.78 is 43.9. The molecule has 0 unspecified atom stereocenters. The maximum Gasteiger partial charge on any atom is 0.200 e. The zero-order chi connectivity index (χ0) is 13.8. The Balaban J connectivity index is 2.07. The lowest BCUT2D eigenvalue weighted by atomic mass is 10.1. The molecule has 0 atom stereocenters. The number of benzene rings is 2. The van der Waals surface area contributed by atoms with Gasteiger partial charge in [0, 0.05) is 5.56 Å². The molecule has 19 heavy (non-hydrogen) atoms. The van der Waals surface area contributed by atoms with Crippen LogP contribution in [0.3, 0.4) is 0 Å². The zero-order valence-corrected chi connectivity index (χ0v) is 9.70. The predicted octanol–water partition coefficient (Wildman–Crippen LogP) is 3.37. The van der Waals surface area contributed by atoms with Crippen LogP contribution >= 0.6 is 0 Å². The predicted molar refractivity (Wildman–Crippen MR) is 62.6 cm³/mol. The first kappa shape index (κ1) is 13.1. The van der Waals surface area contributed by atoms with Gasteiger partial charge in [-0.3, -0.25) is 4.79 Å². The van der Waals surface area contributed by atoms with Crippen LogP contribution in [0.15, 0.2) is 42.5 Å². The summed E-state index contributed by atoms with van der Waals surface area (Å²) in [6.07, 6.45) is 0. The Morgan fingerprint density at radius 1 is 1.05 bits per heavy atom. The van der Waals surface area contributed by atoms with E-state index in [1.54, 1.807) is 0 Å². The van der Waals surface area contributed by atoms with Crippen molar-refractivity contribution in [3.8, 4) is 5.75 Å². The van der Waals surface area contributed by atoms with Crippen molar-refractivity contribution in [1.29, 1.82) is 0 Å². The van der Waals surface area contributed by atoms with E-state index in [2.05, 4.69) is 0 Å². The smallest absolute Gasteiger partial charge is 0.200 e. The van der Waals surface area contributed by atoms with E-state index in [9.17, 15) is 18.0 Å². The Hall–Kier alpha value is -2.30. The van der Waals surface area contributed by atoms with Crippen molar-refractivity contribution in [3.05, 3.63) is 65.5 Å². The Bertz CT molecular complexity index is 611. The van der Waals surface area contributed by atoms with Gasteiger partial charge in [0.05, 0.1) is 0 Å². The molecule has 0 bridgehead atoms. The number of ketones is 1. The molecule has 5 heteroatoms. The van der Waals surface area contributed by atoms with Crippen molar-refractivity contribution in [3.63, 3.8) is 0 Å². The number of ether oxygens (including phenoxy) is 1. The van der Waals surface area contributed by atoms with Crippen molar-refractivity contribution in [2.45, 2.75) is 0 Å². The highest BCUT2D eigenvalue weighted by atomic mass is 19.2. The van der Waals surface area contributed by atoms with E-state index in [1.807, 2.05) is 0 Å². The van der Waals surface area contributed by atoms with E-state index in [0.29, 0.717) is 0 Å². The average Bonchev–Trinajstić information content (AvgIpc) is 2.40. The van der Waals surface area contributed by atoms with Gasteiger partial charge in [0.15, 0.2) is 24.0 Å². The van der Waals surface area contributed by atoms with Crippen LogP contribution < -0.4 is 4.74 Å². The van der Waals surface area contributed by atoms with Crippen molar-refractivity contribution >= 4 is 5.78 Å². The summed E-state index contributed by atoms with van der Waals surface area (Å²) in [4.78, 5) is 11.7. The highest BCUT2D eigenvalue weighted by Gasteiger charge is 2.12. The Kier molecular flexibility index (Phi) is 3.85. The minimum Gasteiger partial charge on any atom is -0.482 e. The molecule has 2 nitrogen and oxygen atoms in total. The van der Waals surface area contributed by atoms with E-state index in [0.717, 1.165) is 12.1 Å². The molecule has 0 spiro atoms. The van der Waals surface area contributed by atoms with Gasteiger partial charge in [0.2, 0.25) is 5.82 Å². The number of carbonyl (C=O) groups is 1. The Morgan fingerprint density at radius 3 is 2.53 bits per heavy atom. The first-order valence-corrected chi connectivity index (χ1v) is 5.43. The molecule has 2 rings (SSSR count). The van der Waals surface area contributed by atoms with Gasteiger partial charge in [0.1, 0.15) is 5.82 Å². The van der Waals surface area contributed by atoms with Crippen molar-refractivity contribution in [2.24, 2.45) is 0 Å². The van der Waals surface area contributed by atoms with Gasteiger partial charge in [-0.25, -0.2) is 8.78 Å². The molecule has 0 N–H and O–H groups in total. The second-order valence-corrected chi connectivity index (χ2v) is 3.77. The standard InChI is InChI=1S/C14H9F3O2/c15-10-4-1-3-9(7-10)12(18)8-19-13-6-2-5-11(16)14(13)17/h1-7H,8H2. The number of hydrogen-bond acceptors (Lipinski definition) is 2. The zero-order valence-electron chi connectivity index (χ0n) is 9.70. The maximum atomic E-state index is 13.2. The van der Waals surface area contributed by atoms with Gasteiger partial charge in [-0.15, -0.1) is 0 Å². The molecule has 98 valence electrons. The third-order valence-corrected chi connectivity index (χ3v) is 2.42. The number of hydrogen-bond donors (Lipinski definition) is 0. The van der Waals surface area contributed by atoms with Crippen LogP contribution in [0.1, 0.15) is 10.4 Å². The number of rotatable bonds is 4. The second-order valence-electron chi connectivity index (χ2n) is 3.77. The third kappa shape index (κ3) is 3.13. The minimum atomic E-state index is -1.16. The van der Waals surface area contributed by atoms with Crippen molar-refractivity contribution < 1.29 is 22.7 Å². The van der Waals surface area contributed by atoms with E-state index in [4.69, 9.17) is 4.74 Å². The molecule has 2 aromatic carbocycles. The molecule has 0 aliphatic heterocycles. The molecule has 0 radical (unpaired) electrons. The fraction of sp³-hybridized carbons (Fsp3) is 0.0714. The van der Waals surface area contributed by atoms with Gasteiger partial charge in [-0.1, -0.05) is 18.2 Å². The number of carbonyl (C=O) groups excluding carboxylic acids is 1. The second kappa shape index (κ2) is 5.56. The molecule has 0 fully saturated rings. The lowest BCUT2D eigenvalue weighted by Crippen LogP contribution is -2.12. The van der Waals surface area contributed by atoms with Crippen LogP contribution in [0, 0.1) is 17.5 Å². The number of Topliss-reactive ketones (excluding diaryl/α,β-unsaturated/α-hetero) is 1. The Labute approximate surface area is 107 Å². The van der Waals surface area contributed by atoms with Gasteiger partial charge in [-0.2, -0.15) is 4.39 Å². The van der Waals surface area contributed by atoms with Gasteiger partial charge in [0.25, 0.3) is 0 Å². The molecule has 0 amide bonds. The summed E-state index contributed by atoms with van der Waals surface area (Å²) in [7, 11) is 0. The summed E-state index contributed by atoms with van der Waals surface area (Å²) in [5, 5.41) is 0. The fourth-order valence-corrected chi connectivity index (χ4v) is 1.48. The molecular formula is C14H9F3O2. The summed E-state index contributed by atoms with van der Waals surface area (Å²) >= 11 is 0. The van der Waals surface area contributed by atoms with E-state index < -0.39 is 29.8 Å². The summed E-state index contributed by atoms with van der Waals surface area (Å²) in [6, 6.07) is 8.45. The molecule has 0 aliphatic rings. The van der Waals surface area contributed by atoms with E-state index in [-0.39, 0.29) is 11.3 Å². The van der Waals surface area contributed by atoms with Gasteiger partial charge in [-0.05, 0) is 24.3 Å². The van der Waals surface area contributed by atoms with Crippen LogP contribution in [0.4, 0.5) is 13.2 Å². The third-order valence-electron chi connectivity index (χ3n) is 2.42. The van der Waals surface area contributed by atoms with Crippen LogP contribution in [-0.2, 0) is 0 Å². The average molecular weight is 266 g/mol. The SMILES string of the molecule is O=C(COc1cccc(F)c1F)c1cccc(F)c1. The van der Waals surface area contributed by atoms with Crippen LogP contribution in [0.25, 0.3) is 0 Å².